The summed E-state index contributed by atoms with van der Waals surface area (Å²) >= 11 is 0. The maximum atomic E-state index is 3.03. The topological polar surface area (TPSA) is 12.0 Å². The van der Waals surface area contributed by atoms with Gasteiger partial charge in [-0.15, -0.1) is 0 Å². The van der Waals surface area contributed by atoms with E-state index in [1.165, 1.54) is 25.7 Å². The van der Waals surface area contributed by atoms with Crippen LogP contribution in [0.5, 0.6) is 0 Å². The number of rotatable bonds is 6. The fourth-order valence-electron chi connectivity index (χ4n) is 1.14. The van der Waals surface area contributed by atoms with Crippen molar-refractivity contribution in [2.45, 2.75) is 39.5 Å². The third-order valence-electron chi connectivity index (χ3n) is 1.99. The summed E-state index contributed by atoms with van der Waals surface area (Å²) in [6, 6.07) is 0. The Balaban J connectivity index is 3.48. The van der Waals surface area contributed by atoms with E-state index in [4.69, 9.17) is 0 Å². The third-order valence-corrected chi connectivity index (χ3v) is 1.99. The molecule has 0 saturated heterocycles. The van der Waals surface area contributed by atoms with Crippen LogP contribution in [0.25, 0.3) is 0 Å². The predicted molar refractivity (Wildman–Crippen MR) is 51.5 cm³/mol. The molecule has 0 aromatic carbocycles. The maximum Gasteiger partial charge on any atom is 0.00276 e. The zero-order valence-electron chi connectivity index (χ0n) is 8.06. The highest BCUT2D eigenvalue weighted by atomic mass is 14.8. The molecule has 0 aliphatic carbocycles. The fraction of sp³-hybridized carbons (Fsp3) is 0.800. The number of hydrogen-bond donors (Lipinski definition) is 1. The lowest BCUT2D eigenvalue weighted by molar-refractivity contribution is 0.538. The largest absolute Gasteiger partial charge is 0.394 e. The number of nitrogens with one attached hydrogen (secondary N) is 1. The molecule has 0 amide bonds. The van der Waals surface area contributed by atoms with Crippen molar-refractivity contribution in [3.63, 3.8) is 0 Å². The van der Waals surface area contributed by atoms with Crippen LogP contribution in [0.1, 0.15) is 39.5 Å². The van der Waals surface area contributed by atoms with Crippen molar-refractivity contribution in [1.29, 1.82) is 0 Å². The first-order valence-corrected chi connectivity index (χ1v) is 4.69. The van der Waals surface area contributed by atoms with E-state index < -0.39 is 0 Å². The molecule has 0 radical (unpaired) electrons. The monoisotopic (exact) mass is 155 g/mol. The highest BCUT2D eigenvalue weighted by Gasteiger charge is 1.99. The smallest absolute Gasteiger partial charge is 0.00276 e. The molecule has 66 valence electrons. The summed E-state index contributed by atoms with van der Waals surface area (Å²) in [5, 5.41) is 3.03. The number of allylic oxidation sites excluding steroid dienone is 1. The highest BCUT2D eigenvalue weighted by molar-refractivity contribution is 4.85. The standard InChI is InChI=1S/C10H21N/c1-4-6-7-10(5-2)8-9-11-3/h8-11H,4-7H2,1-3H3/b9-8-. The summed E-state index contributed by atoms with van der Waals surface area (Å²) in [5.41, 5.74) is 0. The molecule has 0 aliphatic heterocycles. The molecule has 0 aromatic heterocycles. The molecule has 1 atom stereocenters. The molecule has 11 heavy (non-hydrogen) atoms. The molecule has 1 N–H and O–H groups in total. The van der Waals surface area contributed by atoms with Gasteiger partial charge in [0.15, 0.2) is 0 Å². The molecule has 0 spiro atoms. The molecule has 0 heterocycles. The summed E-state index contributed by atoms with van der Waals surface area (Å²) in [6.07, 6.45) is 9.58. The molecular weight excluding hydrogens is 134 g/mol. The summed E-state index contributed by atoms with van der Waals surface area (Å²) in [7, 11) is 1.95. The van der Waals surface area contributed by atoms with Crippen LogP contribution < -0.4 is 5.32 Å². The Kier molecular flexibility index (Phi) is 7.33. The average molecular weight is 155 g/mol. The second-order valence-electron chi connectivity index (χ2n) is 2.96. The second-order valence-corrected chi connectivity index (χ2v) is 2.96. The van der Waals surface area contributed by atoms with E-state index in [1.807, 2.05) is 13.2 Å². The van der Waals surface area contributed by atoms with Crippen molar-refractivity contribution in [3.05, 3.63) is 12.3 Å². The molecule has 0 bridgehead atoms. The lowest BCUT2D eigenvalue weighted by atomic mass is 10.00. The minimum Gasteiger partial charge on any atom is -0.394 e. The molecular formula is C10H21N. The molecule has 0 aromatic rings. The van der Waals surface area contributed by atoms with Crippen LogP contribution >= 0.6 is 0 Å². The molecule has 0 rings (SSSR count). The van der Waals surface area contributed by atoms with Crippen LogP contribution in [0.4, 0.5) is 0 Å². The summed E-state index contributed by atoms with van der Waals surface area (Å²) < 4.78 is 0. The van der Waals surface area contributed by atoms with Crippen LogP contribution in [0.15, 0.2) is 12.3 Å². The first-order valence-electron chi connectivity index (χ1n) is 4.69. The second kappa shape index (κ2) is 7.64. The lowest BCUT2D eigenvalue weighted by Gasteiger charge is -2.07. The van der Waals surface area contributed by atoms with Gasteiger partial charge >= 0.3 is 0 Å². The Morgan fingerprint density at radius 1 is 1.36 bits per heavy atom. The lowest BCUT2D eigenvalue weighted by Crippen LogP contribution is -1.98. The summed E-state index contributed by atoms with van der Waals surface area (Å²) in [4.78, 5) is 0. The minimum atomic E-state index is 0.780. The van der Waals surface area contributed by atoms with Crippen molar-refractivity contribution < 1.29 is 0 Å². The van der Waals surface area contributed by atoms with Gasteiger partial charge in [-0.05, 0) is 25.0 Å². The van der Waals surface area contributed by atoms with E-state index >= 15 is 0 Å². The highest BCUT2D eigenvalue weighted by Crippen LogP contribution is 2.12. The summed E-state index contributed by atoms with van der Waals surface area (Å²) in [6.45, 7) is 4.49. The van der Waals surface area contributed by atoms with Crippen LogP contribution in [0.3, 0.4) is 0 Å². The Morgan fingerprint density at radius 2 is 2.09 bits per heavy atom. The Labute approximate surface area is 70.9 Å². The zero-order valence-corrected chi connectivity index (χ0v) is 8.06. The van der Waals surface area contributed by atoms with E-state index in [2.05, 4.69) is 25.2 Å². The summed E-state index contributed by atoms with van der Waals surface area (Å²) in [5.74, 6) is 0.780. The first-order chi connectivity index (χ1) is 5.35. The van der Waals surface area contributed by atoms with Crippen LogP contribution in [-0.4, -0.2) is 7.05 Å². The third kappa shape index (κ3) is 5.96. The molecule has 0 fully saturated rings. The molecule has 0 aliphatic rings. The maximum absolute atomic E-state index is 3.03. The fourth-order valence-corrected chi connectivity index (χ4v) is 1.14. The van der Waals surface area contributed by atoms with Crippen LogP contribution in [0.2, 0.25) is 0 Å². The van der Waals surface area contributed by atoms with Crippen LogP contribution in [-0.2, 0) is 0 Å². The van der Waals surface area contributed by atoms with E-state index in [-0.39, 0.29) is 0 Å². The van der Waals surface area contributed by atoms with Gasteiger partial charge in [-0.3, -0.25) is 0 Å². The van der Waals surface area contributed by atoms with Gasteiger partial charge in [0.05, 0.1) is 0 Å². The Morgan fingerprint density at radius 3 is 2.55 bits per heavy atom. The van der Waals surface area contributed by atoms with Crippen molar-refractivity contribution in [1.82, 2.24) is 5.32 Å². The van der Waals surface area contributed by atoms with E-state index in [0.29, 0.717) is 0 Å². The van der Waals surface area contributed by atoms with E-state index in [0.717, 1.165) is 5.92 Å². The van der Waals surface area contributed by atoms with Crippen molar-refractivity contribution in [3.8, 4) is 0 Å². The van der Waals surface area contributed by atoms with E-state index in [9.17, 15) is 0 Å². The van der Waals surface area contributed by atoms with Gasteiger partial charge < -0.3 is 5.32 Å². The average Bonchev–Trinajstić information content (AvgIpc) is 2.05. The van der Waals surface area contributed by atoms with Crippen molar-refractivity contribution in [2.75, 3.05) is 7.05 Å². The minimum absolute atomic E-state index is 0.780. The number of hydrogen-bond acceptors (Lipinski definition) is 1. The van der Waals surface area contributed by atoms with Gasteiger partial charge in [0.2, 0.25) is 0 Å². The van der Waals surface area contributed by atoms with Gasteiger partial charge in [0.25, 0.3) is 0 Å². The van der Waals surface area contributed by atoms with Gasteiger partial charge in [-0.2, -0.15) is 0 Å². The number of unbranched alkanes of at least 4 members (excludes halogenated alkanes) is 1. The van der Waals surface area contributed by atoms with Gasteiger partial charge in [-0.25, -0.2) is 0 Å². The van der Waals surface area contributed by atoms with E-state index in [1.54, 1.807) is 0 Å². The Bertz CT molecular complexity index is 97.0. The van der Waals surface area contributed by atoms with Crippen molar-refractivity contribution >= 4 is 0 Å². The first kappa shape index (κ1) is 10.5. The van der Waals surface area contributed by atoms with Gasteiger partial charge in [-0.1, -0.05) is 32.8 Å². The molecule has 1 unspecified atom stereocenters. The predicted octanol–water partition coefficient (Wildman–Crippen LogP) is 2.94. The quantitative estimate of drug-likeness (QED) is 0.622. The van der Waals surface area contributed by atoms with Crippen LogP contribution in [0, 0.1) is 5.92 Å². The Hall–Kier alpha value is -0.460. The molecule has 1 heteroatoms. The molecule has 0 saturated carbocycles. The molecule has 1 nitrogen and oxygen atoms in total. The van der Waals surface area contributed by atoms with Gasteiger partial charge in [0, 0.05) is 7.05 Å². The van der Waals surface area contributed by atoms with Gasteiger partial charge in [0.1, 0.15) is 0 Å². The normalized spacial score (nSPS) is 13.7. The SMILES string of the molecule is CCCCC(/C=C\NC)CC. The zero-order chi connectivity index (χ0) is 8.53. The van der Waals surface area contributed by atoms with Crippen molar-refractivity contribution in [2.24, 2.45) is 5.92 Å².